The molecule has 0 spiro atoms. The third-order valence-corrected chi connectivity index (χ3v) is 5.76. The zero-order chi connectivity index (χ0) is 22.2. The average Bonchev–Trinajstić information content (AvgIpc) is 3.32. The molecule has 10 heteroatoms. The van der Waals surface area contributed by atoms with Crippen molar-refractivity contribution in [2.75, 3.05) is 25.5 Å². The summed E-state index contributed by atoms with van der Waals surface area (Å²) in [5.41, 5.74) is 3.98. The van der Waals surface area contributed by atoms with Crippen LogP contribution in [-0.4, -0.2) is 60.6 Å². The minimum atomic E-state index is -0.141. The van der Waals surface area contributed by atoms with Crippen molar-refractivity contribution in [2.45, 2.75) is 13.5 Å². The smallest absolute Gasteiger partial charge is 0.311 e. The van der Waals surface area contributed by atoms with Crippen LogP contribution in [0.2, 0.25) is 0 Å². The van der Waals surface area contributed by atoms with E-state index >= 15 is 0 Å². The molecule has 164 valence electrons. The first-order valence-corrected chi connectivity index (χ1v) is 10.4. The topological polar surface area (TPSA) is 103 Å². The predicted octanol–water partition coefficient (Wildman–Crippen LogP) is 2.21. The van der Waals surface area contributed by atoms with E-state index in [1.807, 2.05) is 55.3 Å². The average molecular weight is 432 g/mol. The number of anilines is 2. The number of carbonyl (C=O) groups excluding carboxylic acids is 1. The molecular weight excluding hydrogens is 408 g/mol. The van der Waals surface area contributed by atoms with Crippen LogP contribution in [0.5, 0.6) is 0 Å². The van der Waals surface area contributed by atoms with Crippen LogP contribution in [0.25, 0.3) is 16.7 Å². The molecule has 4 heterocycles. The lowest BCUT2D eigenvalue weighted by atomic mass is 10.00. The van der Waals surface area contributed by atoms with Gasteiger partial charge in [0.2, 0.25) is 5.95 Å². The van der Waals surface area contributed by atoms with Crippen molar-refractivity contribution >= 4 is 28.5 Å². The summed E-state index contributed by atoms with van der Waals surface area (Å²) in [5, 5.41) is 13.2. The van der Waals surface area contributed by atoms with E-state index in [0.29, 0.717) is 24.9 Å². The zero-order valence-electron chi connectivity index (χ0n) is 18.2. The summed E-state index contributed by atoms with van der Waals surface area (Å²) in [6.45, 7) is 4.13. The second-order valence-electron chi connectivity index (χ2n) is 8.00. The van der Waals surface area contributed by atoms with Gasteiger partial charge in [-0.1, -0.05) is 0 Å². The van der Waals surface area contributed by atoms with Crippen molar-refractivity contribution in [3.05, 3.63) is 54.1 Å². The van der Waals surface area contributed by atoms with Gasteiger partial charge in [-0.3, -0.25) is 14.4 Å². The SMILES string of the molecule is COC(=O)C1CN(Cc2cn(-c3ccnc(Nc4ccc5c(cnn5C)c4)n3)nc2C)C1. The Morgan fingerprint density at radius 3 is 2.94 bits per heavy atom. The minimum Gasteiger partial charge on any atom is -0.469 e. The second kappa shape index (κ2) is 8.04. The lowest BCUT2D eigenvalue weighted by Gasteiger charge is -2.37. The zero-order valence-corrected chi connectivity index (χ0v) is 18.2. The Bertz CT molecular complexity index is 1290. The third-order valence-electron chi connectivity index (χ3n) is 5.76. The van der Waals surface area contributed by atoms with E-state index in [4.69, 9.17) is 4.74 Å². The van der Waals surface area contributed by atoms with Gasteiger partial charge < -0.3 is 10.1 Å². The molecule has 1 aliphatic rings. The van der Waals surface area contributed by atoms with E-state index in [1.54, 1.807) is 10.9 Å². The molecule has 0 bridgehead atoms. The molecule has 0 unspecified atom stereocenters. The first-order valence-electron chi connectivity index (χ1n) is 10.4. The van der Waals surface area contributed by atoms with Crippen molar-refractivity contribution < 1.29 is 9.53 Å². The van der Waals surface area contributed by atoms with E-state index in [9.17, 15) is 4.79 Å². The van der Waals surface area contributed by atoms with Crippen LogP contribution < -0.4 is 5.32 Å². The molecule has 1 N–H and O–H groups in total. The van der Waals surface area contributed by atoms with Gasteiger partial charge in [0.15, 0.2) is 5.82 Å². The summed E-state index contributed by atoms with van der Waals surface area (Å²) < 4.78 is 8.41. The molecule has 4 aromatic rings. The van der Waals surface area contributed by atoms with Gasteiger partial charge in [0, 0.05) is 61.8 Å². The summed E-state index contributed by atoms with van der Waals surface area (Å²) in [4.78, 5) is 22.8. The number of benzene rings is 1. The Kier molecular flexibility index (Phi) is 5.06. The molecule has 0 radical (unpaired) electrons. The number of nitrogens with zero attached hydrogens (tertiary/aromatic N) is 7. The molecule has 1 aliphatic heterocycles. The first-order chi connectivity index (χ1) is 15.5. The highest BCUT2D eigenvalue weighted by Gasteiger charge is 2.33. The quantitative estimate of drug-likeness (QED) is 0.463. The van der Waals surface area contributed by atoms with Crippen molar-refractivity contribution in [3.8, 4) is 5.82 Å². The Balaban J connectivity index is 1.30. The number of aromatic nitrogens is 6. The van der Waals surface area contributed by atoms with Gasteiger partial charge in [-0.2, -0.15) is 15.2 Å². The summed E-state index contributed by atoms with van der Waals surface area (Å²) >= 11 is 0. The molecule has 1 fully saturated rings. The van der Waals surface area contributed by atoms with Crippen molar-refractivity contribution in [1.29, 1.82) is 0 Å². The Morgan fingerprint density at radius 1 is 1.28 bits per heavy atom. The molecular formula is C22H24N8O2. The maximum absolute atomic E-state index is 11.6. The fourth-order valence-electron chi connectivity index (χ4n) is 3.93. The number of hydrogen-bond donors (Lipinski definition) is 1. The number of likely N-dealkylation sites (tertiary alicyclic amines) is 1. The van der Waals surface area contributed by atoms with Gasteiger partial charge >= 0.3 is 5.97 Å². The van der Waals surface area contributed by atoms with E-state index in [1.165, 1.54) is 7.11 Å². The maximum atomic E-state index is 11.6. The van der Waals surface area contributed by atoms with Crippen LogP contribution in [0.4, 0.5) is 11.6 Å². The standard InChI is InChI=1S/C22H24N8O2/c1-14-16(10-29-11-17(12-29)21(31)32-3)13-30(27-14)20-6-7-23-22(26-20)25-18-4-5-19-15(8-18)9-24-28(19)2/h4-9,13,17H,10-12H2,1-3H3,(H,23,25,26). The molecule has 0 aliphatic carbocycles. The van der Waals surface area contributed by atoms with E-state index in [2.05, 4.69) is 30.4 Å². The summed E-state index contributed by atoms with van der Waals surface area (Å²) in [6, 6.07) is 7.83. The van der Waals surface area contributed by atoms with E-state index in [0.717, 1.165) is 34.4 Å². The molecule has 3 aromatic heterocycles. The van der Waals surface area contributed by atoms with Gasteiger partial charge in [0.25, 0.3) is 0 Å². The lowest BCUT2D eigenvalue weighted by Crippen LogP contribution is -2.50. The van der Waals surface area contributed by atoms with Gasteiger partial charge in [0.05, 0.1) is 30.4 Å². The van der Waals surface area contributed by atoms with Crippen LogP contribution >= 0.6 is 0 Å². The number of methoxy groups -OCH3 is 1. The number of rotatable bonds is 6. The molecule has 0 atom stereocenters. The minimum absolute atomic E-state index is 0.0308. The number of carbonyl (C=O) groups is 1. The Labute approximate surface area is 184 Å². The number of aryl methyl sites for hydroxylation is 2. The predicted molar refractivity (Wildman–Crippen MR) is 119 cm³/mol. The highest BCUT2D eigenvalue weighted by molar-refractivity contribution is 5.83. The van der Waals surface area contributed by atoms with Crippen LogP contribution in [0.15, 0.2) is 42.9 Å². The number of fused-ring (bicyclic) bond motifs is 1. The number of hydrogen-bond acceptors (Lipinski definition) is 8. The summed E-state index contributed by atoms with van der Waals surface area (Å²) in [5.74, 6) is 0.994. The second-order valence-corrected chi connectivity index (χ2v) is 8.00. The van der Waals surface area contributed by atoms with E-state index < -0.39 is 0 Å². The highest BCUT2D eigenvalue weighted by atomic mass is 16.5. The highest BCUT2D eigenvalue weighted by Crippen LogP contribution is 2.23. The Hall–Kier alpha value is -3.79. The summed E-state index contributed by atoms with van der Waals surface area (Å²) in [7, 11) is 3.35. The number of esters is 1. The van der Waals surface area contributed by atoms with Crippen LogP contribution in [0.3, 0.4) is 0 Å². The fourth-order valence-corrected chi connectivity index (χ4v) is 3.93. The van der Waals surface area contributed by atoms with E-state index in [-0.39, 0.29) is 11.9 Å². The molecule has 0 saturated carbocycles. The lowest BCUT2D eigenvalue weighted by molar-refractivity contribution is -0.151. The normalized spacial score (nSPS) is 14.5. The summed E-state index contributed by atoms with van der Waals surface area (Å²) in [6.07, 6.45) is 5.52. The van der Waals surface area contributed by atoms with Gasteiger partial charge in [-0.25, -0.2) is 9.67 Å². The third kappa shape index (κ3) is 3.80. The number of ether oxygens (including phenoxy) is 1. The van der Waals surface area contributed by atoms with Crippen molar-refractivity contribution in [1.82, 2.24) is 34.4 Å². The maximum Gasteiger partial charge on any atom is 0.311 e. The monoisotopic (exact) mass is 432 g/mol. The molecule has 1 saturated heterocycles. The van der Waals surface area contributed by atoms with Gasteiger partial charge in [0.1, 0.15) is 0 Å². The van der Waals surface area contributed by atoms with Crippen molar-refractivity contribution in [2.24, 2.45) is 13.0 Å². The van der Waals surface area contributed by atoms with Gasteiger partial charge in [-0.05, 0) is 25.1 Å². The fraction of sp³-hybridized carbons (Fsp3) is 0.318. The number of nitrogens with one attached hydrogen (secondary N) is 1. The van der Waals surface area contributed by atoms with Crippen LogP contribution in [0, 0.1) is 12.8 Å². The first kappa shape index (κ1) is 20.1. The van der Waals surface area contributed by atoms with Gasteiger partial charge in [-0.15, -0.1) is 0 Å². The molecule has 1 aromatic carbocycles. The molecule has 5 rings (SSSR count). The largest absolute Gasteiger partial charge is 0.469 e. The van der Waals surface area contributed by atoms with Crippen LogP contribution in [-0.2, 0) is 23.1 Å². The Morgan fingerprint density at radius 2 is 2.12 bits per heavy atom. The molecule has 32 heavy (non-hydrogen) atoms. The van der Waals surface area contributed by atoms with Crippen molar-refractivity contribution in [3.63, 3.8) is 0 Å². The molecule has 10 nitrogen and oxygen atoms in total. The van der Waals surface area contributed by atoms with Crippen LogP contribution in [0.1, 0.15) is 11.3 Å². The molecule has 0 amide bonds.